The van der Waals surface area contributed by atoms with Crippen LogP contribution in [-0.2, 0) is 17.6 Å². The lowest BCUT2D eigenvalue weighted by Crippen LogP contribution is -2.27. The van der Waals surface area contributed by atoms with E-state index in [1.165, 1.54) is 5.56 Å². The molecular weight excluding hydrogens is 288 g/mol. The van der Waals surface area contributed by atoms with Crippen LogP contribution >= 0.6 is 0 Å². The zero-order valence-corrected chi connectivity index (χ0v) is 13.4. The van der Waals surface area contributed by atoms with Gasteiger partial charge in [-0.3, -0.25) is 4.79 Å². The number of aromatic nitrogens is 1. The van der Waals surface area contributed by atoms with Crippen molar-refractivity contribution in [3.05, 3.63) is 64.8 Å². The average Bonchev–Trinajstić information content (AvgIpc) is 2.91. The van der Waals surface area contributed by atoms with Crippen LogP contribution in [-0.4, -0.2) is 17.6 Å². The number of carbonyl (C=O) groups is 1. The second-order valence-corrected chi connectivity index (χ2v) is 5.85. The molecule has 4 heteroatoms. The lowest BCUT2D eigenvalue weighted by Gasteiger charge is -2.04. The standard InChI is InChI=1S/C19H20N2O2/c1-13-10-14(2)19-16(11-13)17(21-23-19)12-18(22)20-9-8-15-6-4-3-5-7-15/h3-7,10-11H,8-9,12H2,1-2H3,(H,20,22). The SMILES string of the molecule is Cc1cc(C)c2onc(CC(=O)NCCc3ccccc3)c2c1. The topological polar surface area (TPSA) is 55.1 Å². The third-order valence-corrected chi connectivity index (χ3v) is 3.88. The fraction of sp³-hybridized carbons (Fsp3) is 0.263. The smallest absolute Gasteiger partial charge is 0.226 e. The largest absolute Gasteiger partial charge is 0.356 e. The monoisotopic (exact) mass is 308 g/mol. The normalized spacial score (nSPS) is 10.9. The number of amides is 1. The summed E-state index contributed by atoms with van der Waals surface area (Å²) in [5, 5.41) is 7.94. The molecule has 1 N–H and O–H groups in total. The zero-order valence-electron chi connectivity index (χ0n) is 13.4. The molecule has 0 spiro atoms. The van der Waals surface area contributed by atoms with Crippen molar-refractivity contribution in [2.45, 2.75) is 26.7 Å². The minimum atomic E-state index is -0.0321. The van der Waals surface area contributed by atoms with E-state index < -0.39 is 0 Å². The van der Waals surface area contributed by atoms with Crippen LogP contribution in [0, 0.1) is 13.8 Å². The van der Waals surface area contributed by atoms with E-state index in [1.807, 2.05) is 38.1 Å². The van der Waals surface area contributed by atoms with Crippen LogP contribution in [0.25, 0.3) is 11.0 Å². The molecule has 0 atom stereocenters. The Bertz CT molecular complexity index is 822. The summed E-state index contributed by atoms with van der Waals surface area (Å²) in [5.74, 6) is -0.0321. The molecule has 4 nitrogen and oxygen atoms in total. The Morgan fingerprint density at radius 1 is 1.17 bits per heavy atom. The van der Waals surface area contributed by atoms with Gasteiger partial charge in [0.15, 0.2) is 5.58 Å². The van der Waals surface area contributed by atoms with Crippen molar-refractivity contribution in [2.24, 2.45) is 0 Å². The van der Waals surface area contributed by atoms with E-state index in [9.17, 15) is 4.79 Å². The number of nitrogens with one attached hydrogen (secondary N) is 1. The summed E-state index contributed by atoms with van der Waals surface area (Å²) in [4.78, 5) is 12.1. The summed E-state index contributed by atoms with van der Waals surface area (Å²) in [5.41, 5.74) is 4.87. The van der Waals surface area contributed by atoms with Crippen LogP contribution in [0.1, 0.15) is 22.4 Å². The van der Waals surface area contributed by atoms with E-state index in [4.69, 9.17) is 4.52 Å². The number of nitrogens with zero attached hydrogens (tertiary/aromatic N) is 1. The van der Waals surface area contributed by atoms with Crippen molar-refractivity contribution in [3.8, 4) is 0 Å². The van der Waals surface area contributed by atoms with Crippen LogP contribution in [0.4, 0.5) is 0 Å². The molecule has 0 radical (unpaired) electrons. The predicted octanol–water partition coefficient (Wildman–Crippen LogP) is 3.35. The number of carbonyl (C=O) groups excluding carboxylic acids is 1. The van der Waals surface area contributed by atoms with Gasteiger partial charge in [0.05, 0.1) is 6.42 Å². The van der Waals surface area contributed by atoms with Crippen molar-refractivity contribution in [1.82, 2.24) is 10.5 Å². The fourth-order valence-electron chi connectivity index (χ4n) is 2.77. The molecule has 0 aliphatic carbocycles. The second kappa shape index (κ2) is 6.65. The first kappa shape index (κ1) is 15.3. The Balaban J connectivity index is 1.62. The lowest BCUT2D eigenvalue weighted by atomic mass is 10.1. The third-order valence-electron chi connectivity index (χ3n) is 3.88. The average molecular weight is 308 g/mol. The van der Waals surface area contributed by atoms with Crippen molar-refractivity contribution in [2.75, 3.05) is 6.54 Å². The second-order valence-electron chi connectivity index (χ2n) is 5.85. The number of hydrogen-bond donors (Lipinski definition) is 1. The van der Waals surface area contributed by atoms with Gasteiger partial charge in [0.1, 0.15) is 5.69 Å². The molecule has 2 aromatic carbocycles. The summed E-state index contributed by atoms with van der Waals surface area (Å²) in [6.07, 6.45) is 1.06. The quantitative estimate of drug-likeness (QED) is 0.786. The minimum absolute atomic E-state index is 0.0321. The van der Waals surface area contributed by atoms with Crippen molar-refractivity contribution in [3.63, 3.8) is 0 Å². The number of hydrogen-bond acceptors (Lipinski definition) is 3. The molecule has 0 bridgehead atoms. The van der Waals surface area contributed by atoms with Gasteiger partial charge in [-0.2, -0.15) is 0 Å². The summed E-state index contributed by atoms with van der Waals surface area (Å²) < 4.78 is 5.38. The summed E-state index contributed by atoms with van der Waals surface area (Å²) in [6.45, 7) is 4.64. The highest BCUT2D eigenvalue weighted by atomic mass is 16.5. The Morgan fingerprint density at radius 2 is 1.96 bits per heavy atom. The molecule has 0 aliphatic heterocycles. The highest BCUT2D eigenvalue weighted by Crippen LogP contribution is 2.24. The van der Waals surface area contributed by atoms with E-state index in [0.717, 1.165) is 28.5 Å². The Morgan fingerprint density at radius 3 is 2.74 bits per heavy atom. The van der Waals surface area contributed by atoms with E-state index in [2.05, 4.69) is 28.7 Å². The number of fused-ring (bicyclic) bond motifs is 1. The maximum atomic E-state index is 12.1. The molecule has 23 heavy (non-hydrogen) atoms. The van der Waals surface area contributed by atoms with Crippen LogP contribution in [0.15, 0.2) is 47.0 Å². The van der Waals surface area contributed by atoms with Gasteiger partial charge < -0.3 is 9.84 Å². The highest BCUT2D eigenvalue weighted by molar-refractivity contribution is 5.88. The van der Waals surface area contributed by atoms with Crippen molar-refractivity contribution >= 4 is 16.9 Å². The van der Waals surface area contributed by atoms with Crippen LogP contribution < -0.4 is 5.32 Å². The molecular formula is C19H20N2O2. The van der Waals surface area contributed by atoms with Crippen molar-refractivity contribution < 1.29 is 9.32 Å². The molecule has 3 rings (SSSR count). The van der Waals surface area contributed by atoms with Crippen LogP contribution in [0.3, 0.4) is 0 Å². The molecule has 118 valence electrons. The Kier molecular flexibility index (Phi) is 4.42. The first-order chi connectivity index (χ1) is 11.1. The predicted molar refractivity (Wildman–Crippen MR) is 90.3 cm³/mol. The first-order valence-electron chi connectivity index (χ1n) is 7.79. The minimum Gasteiger partial charge on any atom is -0.356 e. The molecule has 0 unspecified atom stereocenters. The molecule has 1 heterocycles. The molecule has 0 saturated heterocycles. The summed E-state index contributed by atoms with van der Waals surface area (Å²) in [7, 11) is 0. The molecule has 1 aromatic heterocycles. The molecule has 0 fully saturated rings. The van der Waals surface area contributed by atoms with Crippen LogP contribution in [0.5, 0.6) is 0 Å². The summed E-state index contributed by atoms with van der Waals surface area (Å²) >= 11 is 0. The molecule has 3 aromatic rings. The Labute approximate surface area is 135 Å². The fourth-order valence-corrected chi connectivity index (χ4v) is 2.77. The van der Waals surface area contributed by atoms with Gasteiger partial charge in [0.25, 0.3) is 0 Å². The highest BCUT2D eigenvalue weighted by Gasteiger charge is 2.14. The van der Waals surface area contributed by atoms with E-state index >= 15 is 0 Å². The van der Waals surface area contributed by atoms with Crippen molar-refractivity contribution in [1.29, 1.82) is 0 Å². The van der Waals surface area contributed by atoms with Gasteiger partial charge >= 0.3 is 0 Å². The van der Waals surface area contributed by atoms with Gasteiger partial charge in [-0.25, -0.2) is 0 Å². The van der Waals surface area contributed by atoms with Gasteiger partial charge in [-0.1, -0.05) is 41.6 Å². The molecule has 1 amide bonds. The number of benzene rings is 2. The van der Waals surface area contributed by atoms with Gasteiger partial charge in [-0.05, 0) is 43.0 Å². The van der Waals surface area contributed by atoms with Crippen LogP contribution in [0.2, 0.25) is 0 Å². The Hall–Kier alpha value is -2.62. The van der Waals surface area contributed by atoms with E-state index in [1.54, 1.807) is 0 Å². The van der Waals surface area contributed by atoms with Gasteiger partial charge in [0, 0.05) is 11.9 Å². The van der Waals surface area contributed by atoms with Gasteiger partial charge in [0.2, 0.25) is 5.91 Å². The number of rotatable bonds is 5. The first-order valence-corrected chi connectivity index (χ1v) is 7.79. The zero-order chi connectivity index (χ0) is 16.2. The van der Waals surface area contributed by atoms with E-state index in [-0.39, 0.29) is 12.3 Å². The summed E-state index contributed by atoms with van der Waals surface area (Å²) in [6, 6.07) is 14.2. The maximum absolute atomic E-state index is 12.1. The van der Waals surface area contributed by atoms with Gasteiger partial charge in [-0.15, -0.1) is 0 Å². The lowest BCUT2D eigenvalue weighted by molar-refractivity contribution is -0.120. The molecule has 0 saturated carbocycles. The van der Waals surface area contributed by atoms with E-state index in [0.29, 0.717) is 12.2 Å². The maximum Gasteiger partial charge on any atom is 0.226 e. The third kappa shape index (κ3) is 3.59. The number of aryl methyl sites for hydroxylation is 2. The molecule has 0 aliphatic rings.